The van der Waals surface area contributed by atoms with Crippen LogP contribution in [0.1, 0.15) is 39.5 Å². The van der Waals surface area contributed by atoms with E-state index >= 15 is 0 Å². The molecule has 0 aliphatic heterocycles. The Labute approximate surface area is 104 Å². The molecule has 1 fully saturated rings. The molecule has 0 aromatic carbocycles. The van der Waals surface area contributed by atoms with E-state index in [0.717, 1.165) is 26.1 Å². The third-order valence-electron chi connectivity index (χ3n) is 3.68. The zero-order valence-electron chi connectivity index (χ0n) is 11.3. The standard InChI is InChI=1S/C13H26F2N2/c1-11(2)17(3)8-4-7-16-10-12-5-6-13(14,15)9-12/h11-12,16H,4-10H2,1-3H3. The molecular weight excluding hydrogens is 222 g/mol. The number of hydrogen-bond donors (Lipinski definition) is 1. The molecule has 1 N–H and O–H groups in total. The van der Waals surface area contributed by atoms with Crippen molar-refractivity contribution in [2.24, 2.45) is 5.92 Å². The van der Waals surface area contributed by atoms with Crippen LogP contribution in [0.4, 0.5) is 8.78 Å². The molecule has 1 aliphatic carbocycles. The Morgan fingerprint density at radius 1 is 1.41 bits per heavy atom. The lowest BCUT2D eigenvalue weighted by molar-refractivity contribution is 0.00509. The molecule has 0 aromatic rings. The fourth-order valence-corrected chi connectivity index (χ4v) is 2.23. The van der Waals surface area contributed by atoms with Gasteiger partial charge in [0.15, 0.2) is 0 Å². The molecule has 0 bridgehead atoms. The van der Waals surface area contributed by atoms with Crippen molar-refractivity contribution in [1.82, 2.24) is 10.2 Å². The summed E-state index contributed by atoms with van der Waals surface area (Å²) in [6.45, 7) is 7.09. The SMILES string of the molecule is CC(C)N(C)CCCNCC1CCC(F)(F)C1. The first-order chi connectivity index (χ1) is 7.91. The van der Waals surface area contributed by atoms with Gasteiger partial charge in [0.2, 0.25) is 5.92 Å². The van der Waals surface area contributed by atoms with Crippen molar-refractivity contribution in [1.29, 1.82) is 0 Å². The van der Waals surface area contributed by atoms with Crippen molar-refractivity contribution in [3.63, 3.8) is 0 Å². The summed E-state index contributed by atoms with van der Waals surface area (Å²) in [5.41, 5.74) is 0. The number of alkyl halides is 2. The minimum Gasteiger partial charge on any atom is -0.316 e. The predicted molar refractivity (Wildman–Crippen MR) is 67.5 cm³/mol. The van der Waals surface area contributed by atoms with E-state index in [1.165, 1.54) is 0 Å². The topological polar surface area (TPSA) is 15.3 Å². The molecule has 1 aliphatic rings. The maximum Gasteiger partial charge on any atom is 0.248 e. The fraction of sp³-hybridized carbons (Fsp3) is 1.00. The summed E-state index contributed by atoms with van der Waals surface area (Å²) in [5.74, 6) is -2.22. The minimum atomic E-state index is -2.40. The zero-order valence-corrected chi connectivity index (χ0v) is 11.3. The fourth-order valence-electron chi connectivity index (χ4n) is 2.23. The average Bonchev–Trinajstić information content (AvgIpc) is 2.57. The summed E-state index contributed by atoms with van der Waals surface area (Å²) in [6.07, 6.45) is 1.91. The van der Waals surface area contributed by atoms with Gasteiger partial charge in [-0.3, -0.25) is 0 Å². The first kappa shape index (κ1) is 14.8. The van der Waals surface area contributed by atoms with E-state index in [1.807, 2.05) is 0 Å². The summed E-state index contributed by atoms with van der Waals surface area (Å²) in [5, 5.41) is 3.30. The van der Waals surface area contributed by atoms with Crippen molar-refractivity contribution < 1.29 is 8.78 Å². The Hall–Kier alpha value is -0.220. The summed E-state index contributed by atoms with van der Waals surface area (Å²) < 4.78 is 25.9. The van der Waals surface area contributed by atoms with Gasteiger partial charge in [0.1, 0.15) is 0 Å². The van der Waals surface area contributed by atoms with Crippen molar-refractivity contribution in [3.05, 3.63) is 0 Å². The predicted octanol–water partition coefficient (Wildman–Crippen LogP) is 2.74. The molecule has 4 heteroatoms. The molecule has 17 heavy (non-hydrogen) atoms. The van der Waals surface area contributed by atoms with Crippen molar-refractivity contribution >= 4 is 0 Å². The third-order valence-corrected chi connectivity index (χ3v) is 3.68. The highest BCUT2D eigenvalue weighted by Gasteiger charge is 2.38. The largest absolute Gasteiger partial charge is 0.316 e. The molecule has 0 heterocycles. The highest BCUT2D eigenvalue weighted by atomic mass is 19.3. The van der Waals surface area contributed by atoms with Crippen LogP contribution in [0.2, 0.25) is 0 Å². The van der Waals surface area contributed by atoms with Gasteiger partial charge in [-0.05, 0) is 59.3 Å². The van der Waals surface area contributed by atoms with E-state index in [9.17, 15) is 8.78 Å². The second-order valence-corrected chi connectivity index (χ2v) is 5.60. The number of nitrogens with zero attached hydrogens (tertiary/aromatic N) is 1. The molecular formula is C13H26F2N2. The molecule has 2 nitrogen and oxygen atoms in total. The van der Waals surface area contributed by atoms with Crippen LogP contribution >= 0.6 is 0 Å². The highest BCUT2D eigenvalue weighted by molar-refractivity contribution is 4.82. The van der Waals surface area contributed by atoms with Gasteiger partial charge in [-0.15, -0.1) is 0 Å². The first-order valence-electron chi connectivity index (χ1n) is 6.69. The Kier molecular flexibility index (Phi) is 5.80. The molecule has 102 valence electrons. The Bertz CT molecular complexity index is 219. The van der Waals surface area contributed by atoms with Crippen LogP contribution in [0.25, 0.3) is 0 Å². The molecule has 1 saturated carbocycles. The van der Waals surface area contributed by atoms with Crippen LogP contribution < -0.4 is 5.32 Å². The quantitative estimate of drug-likeness (QED) is 0.697. The lowest BCUT2D eigenvalue weighted by Crippen LogP contribution is -2.30. The lowest BCUT2D eigenvalue weighted by atomic mass is 10.1. The van der Waals surface area contributed by atoms with E-state index in [1.54, 1.807) is 0 Å². The Balaban J connectivity index is 1.98. The van der Waals surface area contributed by atoms with Gasteiger partial charge < -0.3 is 10.2 Å². The van der Waals surface area contributed by atoms with E-state index < -0.39 is 5.92 Å². The Morgan fingerprint density at radius 2 is 2.12 bits per heavy atom. The van der Waals surface area contributed by atoms with Gasteiger partial charge in [-0.2, -0.15) is 0 Å². The highest BCUT2D eigenvalue weighted by Crippen LogP contribution is 2.38. The van der Waals surface area contributed by atoms with Crippen molar-refractivity contribution in [2.75, 3.05) is 26.7 Å². The van der Waals surface area contributed by atoms with E-state index in [-0.39, 0.29) is 18.8 Å². The molecule has 1 atom stereocenters. The average molecular weight is 248 g/mol. The van der Waals surface area contributed by atoms with Gasteiger partial charge in [-0.1, -0.05) is 0 Å². The first-order valence-corrected chi connectivity index (χ1v) is 6.69. The monoisotopic (exact) mass is 248 g/mol. The number of nitrogens with one attached hydrogen (secondary N) is 1. The van der Waals surface area contributed by atoms with E-state index in [0.29, 0.717) is 12.5 Å². The summed E-state index contributed by atoms with van der Waals surface area (Å²) in [4.78, 5) is 2.30. The van der Waals surface area contributed by atoms with Gasteiger partial charge >= 0.3 is 0 Å². The van der Waals surface area contributed by atoms with Gasteiger partial charge in [0, 0.05) is 18.9 Å². The molecule has 0 saturated heterocycles. The van der Waals surface area contributed by atoms with E-state index in [4.69, 9.17) is 0 Å². The number of halogens is 2. The zero-order chi connectivity index (χ0) is 12.9. The minimum absolute atomic E-state index is 0.0753. The molecule has 0 aromatic heterocycles. The smallest absolute Gasteiger partial charge is 0.248 e. The number of rotatable bonds is 7. The molecule has 0 spiro atoms. The van der Waals surface area contributed by atoms with Gasteiger partial charge in [0.25, 0.3) is 0 Å². The van der Waals surface area contributed by atoms with Gasteiger partial charge in [-0.25, -0.2) is 8.78 Å². The van der Waals surface area contributed by atoms with Crippen LogP contribution in [-0.2, 0) is 0 Å². The van der Waals surface area contributed by atoms with E-state index in [2.05, 4.69) is 31.1 Å². The summed E-state index contributed by atoms with van der Waals surface area (Å²) >= 11 is 0. The van der Waals surface area contributed by atoms with Crippen LogP contribution in [0.3, 0.4) is 0 Å². The van der Waals surface area contributed by atoms with Crippen LogP contribution in [-0.4, -0.2) is 43.5 Å². The Morgan fingerprint density at radius 3 is 2.65 bits per heavy atom. The summed E-state index contributed by atoms with van der Waals surface area (Å²) in [6, 6.07) is 0.573. The molecule has 1 rings (SSSR count). The second kappa shape index (κ2) is 6.64. The van der Waals surface area contributed by atoms with Crippen LogP contribution in [0.5, 0.6) is 0 Å². The number of hydrogen-bond acceptors (Lipinski definition) is 2. The maximum atomic E-state index is 12.9. The summed E-state index contributed by atoms with van der Waals surface area (Å²) in [7, 11) is 2.11. The van der Waals surface area contributed by atoms with Gasteiger partial charge in [0.05, 0.1) is 0 Å². The maximum absolute atomic E-state index is 12.9. The van der Waals surface area contributed by atoms with Crippen LogP contribution in [0, 0.1) is 5.92 Å². The van der Waals surface area contributed by atoms with Crippen molar-refractivity contribution in [2.45, 2.75) is 51.5 Å². The lowest BCUT2D eigenvalue weighted by Gasteiger charge is -2.21. The normalized spacial score (nSPS) is 23.8. The third kappa shape index (κ3) is 5.77. The van der Waals surface area contributed by atoms with Crippen molar-refractivity contribution in [3.8, 4) is 0 Å². The second-order valence-electron chi connectivity index (χ2n) is 5.60. The molecule has 0 amide bonds. The molecule has 0 radical (unpaired) electrons. The van der Waals surface area contributed by atoms with Crippen LogP contribution in [0.15, 0.2) is 0 Å². The molecule has 1 unspecified atom stereocenters.